The molecule has 18 heavy (non-hydrogen) atoms. The lowest BCUT2D eigenvalue weighted by atomic mass is 9.87. The zero-order valence-corrected chi connectivity index (χ0v) is 9.21. The van der Waals surface area contributed by atoms with Gasteiger partial charge in [-0.1, -0.05) is 6.07 Å². The van der Waals surface area contributed by atoms with Gasteiger partial charge in [-0.25, -0.2) is 8.78 Å². The molecule has 0 aliphatic carbocycles. The van der Waals surface area contributed by atoms with E-state index >= 15 is 0 Å². The predicted molar refractivity (Wildman–Crippen MR) is 60.0 cm³/mol. The molecular weight excluding hydrogens is 240 g/mol. The first kappa shape index (κ1) is 10.9. The Hall–Kier alpha value is -2.24. The van der Waals surface area contributed by atoms with Crippen molar-refractivity contribution in [2.45, 2.75) is 12.3 Å². The topological polar surface area (TPSA) is 57.8 Å². The SMILES string of the molecule is O=C1C[C@H](c2ccc(F)cc2F)c2cn[nH]c2N1. The fraction of sp³-hybridized carbons (Fsp3) is 0.167. The quantitative estimate of drug-likeness (QED) is 0.813. The van der Waals surface area contributed by atoms with Crippen molar-refractivity contribution in [2.24, 2.45) is 0 Å². The zero-order chi connectivity index (χ0) is 12.7. The molecule has 3 rings (SSSR count). The van der Waals surface area contributed by atoms with Crippen LogP contribution in [0.4, 0.5) is 14.6 Å². The van der Waals surface area contributed by atoms with E-state index in [0.717, 1.165) is 6.07 Å². The summed E-state index contributed by atoms with van der Waals surface area (Å²) in [6.45, 7) is 0. The Labute approximate surface area is 101 Å². The van der Waals surface area contributed by atoms with Crippen molar-refractivity contribution >= 4 is 11.7 Å². The lowest BCUT2D eigenvalue weighted by molar-refractivity contribution is -0.116. The Morgan fingerprint density at radius 2 is 2.11 bits per heavy atom. The van der Waals surface area contributed by atoms with Gasteiger partial charge in [0.15, 0.2) is 0 Å². The first-order chi connectivity index (χ1) is 8.65. The van der Waals surface area contributed by atoms with Crippen LogP contribution in [0.3, 0.4) is 0 Å². The van der Waals surface area contributed by atoms with E-state index in [1.54, 1.807) is 6.20 Å². The van der Waals surface area contributed by atoms with Gasteiger partial charge in [-0.3, -0.25) is 9.89 Å². The highest BCUT2D eigenvalue weighted by Gasteiger charge is 2.29. The minimum atomic E-state index is -0.651. The summed E-state index contributed by atoms with van der Waals surface area (Å²) in [5.41, 5.74) is 1.01. The van der Waals surface area contributed by atoms with Crippen molar-refractivity contribution in [2.75, 3.05) is 5.32 Å². The molecule has 6 heteroatoms. The van der Waals surface area contributed by atoms with Crippen LogP contribution in [0.15, 0.2) is 24.4 Å². The van der Waals surface area contributed by atoms with Crippen LogP contribution in [0.5, 0.6) is 0 Å². The zero-order valence-electron chi connectivity index (χ0n) is 9.21. The minimum Gasteiger partial charge on any atom is -0.311 e. The van der Waals surface area contributed by atoms with Crippen LogP contribution in [-0.2, 0) is 4.79 Å². The molecule has 0 radical (unpaired) electrons. The molecule has 0 fully saturated rings. The summed E-state index contributed by atoms with van der Waals surface area (Å²) < 4.78 is 26.6. The van der Waals surface area contributed by atoms with Crippen molar-refractivity contribution in [1.82, 2.24) is 10.2 Å². The Kier molecular flexibility index (Phi) is 2.36. The minimum absolute atomic E-state index is 0.120. The van der Waals surface area contributed by atoms with Crippen LogP contribution in [0.25, 0.3) is 0 Å². The number of anilines is 1. The smallest absolute Gasteiger partial charge is 0.226 e. The maximum atomic E-state index is 13.8. The number of H-pyrrole nitrogens is 1. The maximum Gasteiger partial charge on any atom is 0.226 e. The van der Waals surface area contributed by atoms with E-state index in [1.165, 1.54) is 12.1 Å². The molecule has 0 unspecified atom stereocenters. The Morgan fingerprint density at radius 1 is 1.28 bits per heavy atom. The molecule has 2 heterocycles. The Morgan fingerprint density at radius 3 is 2.89 bits per heavy atom. The summed E-state index contributed by atoms with van der Waals surface area (Å²) in [7, 11) is 0. The van der Waals surface area contributed by atoms with Crippen molar-refractivity contribution in [3.8, 4) is 0 Å². The molecule has 1 aliphatic rings. The number of carbonyl (C=O) groups excluding carboxylic acids is 1. The molecular formula is C12H9F2N3O. The number of fused-ring (bicyclic) bond motifs is 1. The highest BCUT2D eigenvalue weighted by atomic mass is 19.1. The third-order valence-corrected chi connectivity index (χ3v) is 3.04. The molecule has 4 nitrogen and oxygen atoms in total. The van der Waals surface area contributed by atoms with E-state index in [1.807, 2.05) is 0 Å². The predicted octanol–water partition coefficient (Wildman–Crippen LogP) is 2.16. The number of aromatic amines is 1. The van der Waals surface area contributed by atoms with Gasteiger partial charge in [0.1, 0.15) is 17.5 Å². The molecule has 0 bridgehead atoms. The molecule has 92 valence electrons. The van der Waals surface area contributed by atoms with Crippen molar-refractivity contribution < 1.29 is 13.6 Å². The van der Waals surface area contributed by atoms with E-state index in [-0.39, 0.29) is 12.3 Å². The van der Waals surface area contributed by atoms with Crippen LogP contribution in [-0.4, -0.2) is 16.1 Å². The average molecular weight is 249 g/mol. The largest absolute Gasteiger partial charge is 0.311 e. The number of halogens is 2. The van der Waals surface area contributed by atoms with Gasteiger partial charge in [-0.05, 0) is 11.6 Å². The molecule has 2 aromatic rings. The summed E-state index contributed by atoms with van der Waals surface area (Å²) in [4.78, 5) is 11.5. The molecule has 1 aromatic carbocycles. The number of hydrogen-bond donors (Lipinski definition) is 2. The number of aromatic nitrogens is 2. The molecule has 1 amide bonds. The standard InChI is InChI=1S/C12H9F2N3O/c13-6-1-2-7(10(14)3-6)8-4-11(18)16-12-9(8)5-15-17-12/h1-3,5,8H,4H2,(H2,15,16,17,18)/t8-/m1/s1. The highest BCUT2D eigenvalue weighted by Crippen LogP contribution is 2.36. The molecule has 1 aromatic heterocycles. The van der Waals surface area contributed by atoms with Gasteiger partial charge in [0, 0.05) is 24.0 Å². The normalized spacial score (nSPS) is 18.3. The lowest BCUT2D eigenvalue weighted by Gasteiger charge is -2.22. The van der Waals surface area contributed by atoms with Crippen molar-refractivity contribution in [3.05, 3.63) is 47.2 Å². The highest BCUT2D eigenvalue weighted by molar-refractivity contribution is 5.94. The number of nitrogens with zero attached hydrogens (tertiary/aromatic N) is 1. The van der Waals surface area contributed by atoms with Crippen LogP contribution in [0, 0.1) is 11.6 Å². The van der Waals surface area contributed by atoms with Crippen LogP contribution in [0.2, 0.25) is 0 Å². The summed E-state index contributed by atoms with van der Waals surface area (Å²) in [6, 6.07) is 3.37. The number of benzene rings is 1. The second-order valence-electron chi connectivity index (χ2n) is 4.17. The first-order valence-electron chi connectivity index (χ1n) is 5.43. The molecule has 0 saturated heterocycles. The van der Waals surface area contributed by atoms with Gasteiger partial charge in [-0.2, -0.15) is 5.10 Å². The number of hydrogen-bond acceptors (Lipinski definition) is 2. The fourth-order valence-electron chi connectivity index (χ4n) is 2.21. The van der Waals surface area contributed by atoms with Gasteiger partial charge >= 0.3 is 0 Å². The number of amides is 1. The third kappa shape index (κ3) is 1.66. The van der Waals surface area contributed by atoms with Gasteiger partial charge in [0.2, 0.25) is 5.91 Å². The first-order valence-corrected chi connectivity index (χ1v) is 5.43. The van der Waals surface area contributed by atoms with E-state index in [4.69, 9.17) is 0 Å². The van der Waals surface area contributed by atoms with Crippen LogP contribution in [0.1, 0.15) is 23.5 Å². The number of rotatable bonds is 1. The summed E-state index contributed by atoms with van der Waals surface area (Å²) >= 11 is 0. The molecule has 0 spiro atoms. The Bertz CT molecular complexity index is 624. The molecule has 1 aliphatic heterocycles. The van der Waals surface area contributed by atoms with E-state index < -0.39 is 17.6 Å². The molecule has 2 N–H and O–H groups in total. The van der Waals surface area contributed by atoms with E-state index in [9.17, 15) is 13.6 Å². The van der Waals surface area contributed by atoms with Gasteiger partial charge < -0.3 is 5.32 Å². The average Bonchev–Trinajstić information content (AvgIpc) is 2.76. The number of nitrogens with one attached hydrogen (secondary N) is 2. The van der Waals surface area contributed by atoms with Crippen molar-refractivity contribution in [1.29, 1.82) is 0 Å². The van der Waals surface area contributed by atoms with Crippen LogP contribution >= 0.6 is 0 Å². The second kappa shape index (κ2) is 3.90. The van der Waals surface area contributed by atoms with Crippen LogP contribution < -0.4 is 5.32 Å². The number of carbonyl (C=O) groups is 1. The maximum absolute atomic E-state index is 13.8. The third-order valence-electron chi connectivity index (χ3n) is 3.04. The summed E-state index contributed by atoms with van der Waals surface area (Å²) in [6.07, 6.45) is 1.66. The molecule has 1 atom stereocenters. The van der Waals surface area contributed by atoms with E-state index in [2.05, 4.69) is 15.5 Å². The van der Waals surface area contributed by atoms with Gasteiger partial charge in [0.05, 0.1) is 6.20 Å². The molecule has 0 saturated carbocycles. The summed E-state index contributed by atoms with van der Waals surface area (Å²) in [5.74, 6) is -1.47. The van der Waals surface area contributed by atoms with E-state index in [0.29, 0.717) is 16.9 Å². The monoisotopic (exact) mass is 249 g/mol. The van der Waals surface area contributed by atoms with Crippen molar-refractivity contribution in [3.63, 3.8) is 0 Å². The lowest BCUT2D eigenvalue weighted by Crippen LogP contribution is -2.23. The van der Waals surface area contributed by atoms with Gasteiger partial charge in [-0.15, -0.1) is 0 Å². The second-order valence-corrected chi connectivity index (χ2v) is 4.17. The van der Waals surface area contributed by atoms with Gasteiger partial charge in [0.25, 0.3) is 0 Å². The summed E-state index contributed by atoms with van der Waals surface area (Å²) in [5, 5.41) is 9.08. The Balaban J connectivity index is 2.10. The fourth-order valence-corrected chi connectivity index (χ4v) is 2.21.